The molecular formula is C14H29N3. The van der Waals surface area contributed by atoms with Gasteiger partial charge in [-0.3, -0.25) is 4.90 Å². The van der Waals surface area contributed by atoms with Crippen LogP contribution >= 0.6 is 0 Å². The Balaban J connectivity index is 1.67. The highest BCUT2D eigenvalue weighted by Crippen LogP contribution is 2.26. The standard InChI is InChI=1S/C14H29N3/c1-13-4-3-5-14(12-13)16(2)10-11-17-8-6-15-7-9-17/h13-15H,3-12H2,1-2H3. The summed E-state index contributed by atoms with van der Waals surface area (Å²) in [5, 5.41) is 3.42. The molecule has 0 spiro atoms. The second kappa shape index (κ2) is 6.72. The van der Waals surface area contributed by atoms with Gasteiger partial charge >= 0.3 is 0 Å². The van der Waals surface area contributed by atoms with E-state index in [0.29, 0.717) is 0 Å². The smallest absolute Gasteiger partial charge is 0.0110 e. The van der Waals surface area contributed by atoms with E-state index in [4.69, 9.17) is 0 Å². The Morgan fingerprint density at radius 3 is 2.71 bits per heavy atom. The molecule has 2 atom stereocenters. The van der Waals surface area contributed by atoms with Crippen LogP contribution < -0.4 is 5.32 Å². The Kier molecular flexibility index (Phi) is 5.26. The van der Waals surface area contributed by atoms with Crippen molar-refractivity contribution in [3.8, 4) is 0 Å². The van der Waals surface area contributed by atoms with E-state index in [0.717, 1.165) is 12.0 Å². The summed E-state index contributed by atoms with van der Waals surface area (Å²) in [6.07, 6.45) is 5.71. The van der Waals surface area contributed by atoms with Crippen molar-refractivity contribution in [2.45, 2.75) is 38.6 Å². The molecule has 2 rings (SSSR count). The number of hydrogen-bond donors (Lipinski definition) is 1. The molecule has 0 bridgehead atoms. The van der Waals surface area contributed by atoms with E-state index in [9.17, 15) is 0 Å². The lowest BCUT2D eigenvalue weighted by Gasteiger charge is -2.36. The minimum absolute atomic E-state index is 0.849. The summed E-state index contributed by atoms with van der Waals surface area (Å²) in [6, 6.07) is 0.849. The van der Waals surface area contributed by atoms with Gasteiger partial charge in [-0.2, -0.15) is 0 Å². The van der Waals surface area contributed by atoms with E-state index >= 15 is 0 Å². The SMILES string of the molecule is CC1CCCC(N(C)CCN2CCNCC2)C1. The van der Waals surface area contributed by atoms with Crippen molar-refractivity contribution in [3.05, 3.63) is 0 Å². The summed E-state index contributed by atoms with van der Waals surface area (Å²) >= 11 is 0. The average molecular weight is 239 g/mol. The van der Waals surface area contributed by atoms with Crippen molar-refractivity contribution in [3.63, 3.8) is 0 Å². The zero-order valence-electron chi connectivity index (χ0n) is 11.6. The third-order valence-electron chi connectivity index (χ3n) is 4.51. The Bertz CT molecular complexity index is 214. The summed E-state index contributed by atoms with van der Waals surface area (Å²) in [5.41, 5.74) is 0. The molecule has 100 valence electrons. The van der Waals surface area contributed by atoms with E-state index < -0.39 is 0 Å². The molecule has 1 aliphatic heterocycles. The van der Waals surface area contributed by atoms with Crippen LogP contribution in [0.4, 0.5) is 0 Å². The molecule has 2 aliphatic rings. The fourth-order valence-electron chi connectivity index (χ4n) is 3.22. The molecule has 0 radical (unpaired) electrons. The maximum atomic E-state index is 3.42. The zero-order valence-corrected chi connectivity index (χ0v) is 11.6. The van der Waals surface area contributed by atoms with Crippen LogP contribution in [0.15, 0.2) is 0 Å². The fraction of sp³-hybridized carbons (Fsp3) is 1.00. The van der Waals surface area contributed by atoms with Crippen LogP contribution in [0.1, 0.15) is 32.6 Å². The van der Waals surface area contributed by atoms with Crippen LogP contribution in [0.25, 0.3) is 0 Å². The summed E-state index contributed by atoms with van der Waals surface area (Å²) in [6.45, 7) is 9.72. The van der Waals surface area contributed by atoms with Gasteiger partial charge in [0.1, 0.15) is 0 Å². The van der Waals surface area contributed by atoms with E-state index in [2.05, 4.69) is 29.1 Å². The molecular weight excluding hydrogens is 210 g/mol. The molecule has 3 heteroatoms. The van der Waals surface area contributed by atoms with Crippen molar-refractivity contribution in [1.82, 2.24) is 15.1 Å². The quantitative estimate of drug-likeness (QED) is 0.800. The number of nitrogens with zero attached hydrogens (tertiary/aromatic N) is 2. The average Bonchev–Trinajstić information content (AvgIpc) is 2.37. The Hall–Kier alpha value is -0.120. The van der Waals surface area contributed by atoms with Gasteiger partial charge in [0.2, 0.25) is 0 Å². The normalized spacial score (nSPS) is 31.9. The van der Waals surface area contributed by atoms with Gasteiger partial charge < -0.3 is 10.2 Å². The van der Waals surface area contributed by atoms with Gasteiger partial charge in [0.05, 0.1) is 0 Å². The molecule has 1 saturated heterocycles. The lowest BCUT2D eigenvalue weighted by molar-refractivity contribution is 0.137. The van der Waals surface area contributed by atoms with Crippen molar-refractivity contribution < 1.29 is 0 Å². The number of likely N-dealkylation sites (N-methyl/N-ethyl adjacent to an activating group) is 1. The first-order valence-corrected chi connectivity index (χ1v) is 7.39. The first-order chi connectivity index (χ1) is 8.25. The van der Waals surface area contributed by atoms with Crippen molar-refractivity contribution in [2.24, 2.45) is 5.92 Å². The van der Waals surface area contributed by atoms with Crippen LogP contribution in [0.2, 0.25) is 0 Å². The molecule has 2 unspecified atom stereocenters. The van der Waals surface area contributed by atoms with Crippen LogP contribution in [-0.2, 0) is 0 Å². The molecule has 1 N–H and O–H groups in total. The first kappa shape index (κ1) is 13.3. The lowest BCUT2D eigenvalue weighted by Crippen LogP contribution is -2.47. The number of rotatable bonds is 4. The summed E-state index contributed by atoms with van der Waals surface area (Å²) < 4.78 is 0. The van der Waals surface area contributed by atoms with E-state index in [1.807, 2.05) is 0 Å². The molecule has 3 nitrogen and oxygen atoms in total. The van der Waals surface area contributed by atoms with Gasteiger partial charge in [0.15, 0.2) is 0 Å². The zero-order chi connectivity index (χ0) is 12.1. The third kappa shape index (κ3) is 4.23. The fourth-order valence-corrected chi connectivity index (χ4v) is 3.22. The third-order valence-corrected chi connectivity index (χ3v) is 4.51. The maximum absolute atomic E-state index is 3.42. The first-order valence-electron chi connectivity index (χ1n) is 7.39. The lowest BCUT2D eigenvalue weighted by atomic mass is 9.86. The molecule has 0 amide bonds. The van der Waals surface area contributed by atoms with Gasteiger partial charge in [-0.15, -0.1) is 0 Å². The van der Waals surface area contributed by atoms with E-state index in [1.165, 1.54) is 65.0 Å². The maximum Gasteiger partial charge on any atom is 0.0110 e. The summed E-state index contributed by atoms with van der Waals surface area (Å²) in [5.74, 6) is 0.940. The van der Waals surface area contributed by atoms with Crippen molar-refractivity contribution >= 4 is 0 Å². The summed E-state index contributed by atoms with van der Waals surface area (Å²) in [7, 11) is 2.32. The van der Waals surface area contributed by atoms with Crippen LogP contribution in [0.5, 0.6) is 0 Å². The molecule has 1 saturated carbocycles. The minimum atomic E-state index is 0.849. The largest absolute Gasteiger partial charge is 0.314 e. The molecule has 1 aliphatic carbocycles. The number of piperazine rings is 1. The second-order valence-electron chi connectivity index (χ2n) is 6.00. The highest BCUT2D eigenvalue weighted by atomic mass is 15.2. The topological polar surface area (TPSA) is 18.5 Å². The van der Waals surface area contributed by atoms with E-state index in [1.54, 1.807) is 0 Å². The molecule has 0 aromatic carbocycles. The van der Waals surface area contributed by atoms with Crippen molar-refractivity contribution in [2.75, 3.05) is 46.3 Å². The predicted octanol–water partition coefficient (Wildman–Crippen LogP) is 1.40. The highest BCUT2D eigenvalue weighted by Gasteiger charge is 2.22. The molecule has 0 aromatic rings. The summed E-state index contributed by atoms with van der Waals surface area (Å²) in [4.78, 5) is 5.21. The Labute approximate surface area is 107 Å². The number of nitrogens with one attached hydrogen (secondary N) is 1. The molecule has 2 fully saturated rings. The molecule has 1 heterocycles. The van der Waals surface area contributed by atoms with Crippen LogP contribution in [-0.4, -0.2) is 62.2 Å². The predicted molar refractivity (Wildman–Crippen MR) is 73.4 cm³/mol. The van der Waals surface area contributed by atoms with Crippen molar-refractivity contribution in [1.29, 1.82) is 0 Å². The van der Waals surface area contributed by atoms with E-state index in [-0.39, 0.29) is 0 Å². The van der Waals surface area contributed by atoms with Crippen LogP contribution in [0, 0.1) is 5.92 Å². The molecule has 17 heavy (non-hydrogen) atoms. The van der Waals surface area contributed by atoms with Gasteiger partial charge in [0, 0.05) is 45.3 Å². The van der Waals surface area contributed by atoms with Gasteiger partial charge in [-0.1, -0.05) is 19.8 Å². The monoisotopic (exact) mass is 239 g/mol. The Morgan fingerprint density at radius 1 is 1.24 bits per heavy atom. The van der Waals surface area contributed by atoms with Gasteiger partial charge in [-0.25, -0.2) is 0 Å². The highest BCUT2D eigenvalue weighted by molar-refractivity contribution is 4.78. The van der Waals surface area contributed by atoms with Crippen LogP contribution in [0.3, 0.4) is 0 Å². The molecule has 0 aromatic heterocycles. The van der Waals surface area contributed by atoms with Gasteiger partial charge in [0.25, 0.3) is 0 Å². The minimum Gasteiger partial charge on any atom is -0.314 e. The second-order valence-corrected chi connectivity index (χ2v) is 6.00. The number of hydrogen-bond acceptors (Lipinski definition) is 3. The Morgan fingerprint density at radius 2 is 2.00 bits per heavy atom. The van der Waals surface area contributed by atoms with Gasteiger partial charge in [-0.05, 0) is 25.8 Å².